The zero-order chi connectivity index (χ0) is 10.1. The Morgan fingerprint density at radius 3 is 2.79 bits per heavy atom. The number of aryl methyl sites for hydroxylation is 2. The van der Waals surface area contributed by atoms with Crippen LogP contribution in [0.4, 0.5) is 0 Å². The van der Waals surface area contributed by atoms with Gasteiger partial charge >= 0.3 is 0 Å². The predicted octanol–water partition coefficient (Wildman–Crippen LogP) is 1.01. The average Bonchev–Trinajstić information content (AvgIpc) is 2.40. The molecule has 1 saturated carbocycles. The predicted molar refractivity (Wildman–Crippen MR) is 53.1 cm³/mol. The molecule has 76 valence electrons. The van der Waals surface area contributed by atoms with Gasteiger partial charge in [0.15, 0.2) is 0 Å². The van der Waals surface area contributed by atoms with E-state index in [4.69, 9.17) is 0 Å². The van der Waals surface area contributed by atoms with Crippen LogP contribution in [-0.2, 0) is 7.05 Å². The number of rotatable bonds is 2. The van der Waals surface area contributed by atoms with E-state index in [1.807, 2.05) is 20.0 Å². The van der Waals surface area contributed by atoms with Crippen LogP contribution in [0, 0.1) is 6.92 Å². The Labute approximate surface area is 83.3 Å². The molecule has 0 unspecified atom stereocenters. The van der Waals surface area contributed by atoms with Crippen LogP contribution >= 0.6 is 0 Å². The van der Waals surface area contributed by atoms with Crippen molar-refractivity contribution >= 4 is 5.91 Å². The summed E-state index contributed by atoms with van der Waals surface area (Å²) in [7, 11) is 1.84. The summed E-state index contributed by atoms with van der Waals surface area (Å²) in [6.07, 6.45) is 3.45. The molecular formula is C10H15N3O. The van der Waals surface area contributed by atoms with E-state index in [0.717, 1.165) is 18.5 Å². The van der Waals surface area contributed by atoms with E-state index in [2.05, 4.69) is 10.4 Å². The SMILES string of the molecule is Cc1cc(C(=O)NC2CCC2)nn1C. The quantitative estimate of drug-likeness (QED) is 0.762. The van der Waals surface area contributed by atoms with Gasteiger partial charge in [-0.3, -0.25) is 9.48 Å². The Morgan fingerprint density at radius 1 is 1.64 bits per heavy atom. The molecule has 2 rings (SSSR count). The van der Waals surface area contributed by atoms with E-state index in [0.29, 0.717) is 11.7 Å². The monoisotopic (exact) mass is 193 g/mol. The van der Waals surface area contributed by atoms with Crippen LogP contribution in [0.1, 0.15) is 35.4 Å². The van der Waals surface area contributed by atoms with Gasteiger partial charge in [-0.15, -0.1) is 0 Å². The minimum atomic E-state index is -0.0431. The zero-order valence-corrected chi connectivity index (χ0v) is 8.58. The van der Waals surface area contributed by atoms with E-state index < -0.39 is 0 Å². The molecule has 14 heavy (non-hydrogen) atoms. The van der Waals surface area contributed by atoms with Crippen molar-refractivity contribution in [2.24, 2.45) is 7.05 Å². The van der Waals surface area contributed by atoms with Gasteiger partial charge in [0.05, 0.1) is 0 Å². The summed E-state index contributed by atoms with van der Waals surface area (Å²) in [5, 5.41) is 7.08. The third-order valence-electron chi connectivity index (χ3n) is 2.79. The molecule has 4 nitrogen and oxygen atoms in total. The Morgan fingerprint density at radius 2 is 2.36 bits per heavy atom. The summed E-state index contributed by atoms with van der Waals surface area (Å²) in [6.45, 7) is 1.94. The van der Waals surface area contributed by atoms with Gasteiger partial charge in [0.25, 0.3) is 5.91 Å². The number of carbonyl (C=O) groups is 1. The third-order valence-corrected chi connectivity index (χ3v) is 2.79. The third kappa shape index (κ3) is 1.64. The van der Waals surface area contributed by atoms with E-state index in [1.165, 1.54) is 6.42 Å². The zero-order valence-electron chi connectivity index (χ0n) is 8.58. The lowest BCUT2D eigenvalue weighted by Crippen LogP contribution is -2.39. The van der Waals surface area contributed by atoms with Crippen molar-refractivity contribution in [3.05, 3.63) is 17.5 Å². The second-order valence-corrected chi connectivity index (χ2v) is 3.90. The van der Waals surface area contributed by atoms with E-state index in [9.17, 15) is 4.79 Å². The molecule has 1 aromatic rings. The van der Waals surface area contributed by atoms with Gasteiger partial charge in [-0.2, -0.15) is 5.10 Å². The van der Waals surface area contributed by atoms with Gasteiger partial charge in [0.2, 0.25) is 0 Å². The summed E-state index contributed by atoms with van der Waals surface area (Å²) in [4.78, 5) is 11.6. The molecule has 0 aliphatic heterocycles. The maximum Gasteiger partial charge on any atom is 0.272 e. The van der Waals surface area contributed by atoms with Gasteiger partial charge in [0, 0.05) is 18.8 Å². The maximum atomic E-state index is 11.6. The molecule has 1 aromatic heterocycles. The van der Waals surface area contributed by atoms with Crippen molar-refractivity contribution in [3.8, 4) is 0 Å². The second kappa shape index (κ2) is 3.44. The molecule has 0 aromatic carbocycles. The molecule has 1 amide bonds. The number of hydrogen-bond acceptors (Lipinski definition) is 2. The molecule has 1 aliphatic rings. The van der Waals surface area contributed by atoms with Crippen molar-refractivity contribution < 1.29 is 4.79 Å². The molecule has 0 saturated heterocycles. The lowest BCUT2D eigenvalue weighted by molar-refractivity contribution is 0.0911. The van der Waals surface area contributed by atoms with E-state index in [-0.39, 0.29) is 5.91 Å². The number of amides is 1. The summed E-state index contributed by atoms with van der Waals surface area (Å²) in [5.74, 6) is -0.0431. The van der Waals surface area contributed by atoms with Crippen molar-refractivity contribution in [3.63, 3.8) is 0 Å². The summed E-state index contributed by atoms with van der Waals surface area (Å²) < 4.78 is 1.72. The number of hydrogen-bond donors (Lipinski definition) is 1. The first-order valence-corrected chi connectivity index (χ1v) is 4.98. The summed E-state index contributed by atoms with van der Waals surface area (Å²) in [5.41, 5.74) is 1.53. The van der Waals surface area contributed by atoms with Gasteiger partial charge in [0.1, 0.15) is 5.69 Å². The minimum absolute atomic E-state index is 0.0431. The molecule has 1 heterocycles. The van der Waals surface area contributed by atoms with Crippen molar-refractivity contribution in [1.82, 2.24) is 15.1 Å². The Bertz CT molecular complexity index is 333. The lowest BCUT2D eigenvalue weighted by Gasteiger charge is -2.25. The largest absolute Gasteiger partial charge is 0.348 e. The fraction of sp³-hybridized carbons (Fsp3) is 0.600. The molecule has 4 heteroatoms. The Kier molecular flexibility index (Phi) is 2.27. The first-order valence-electron chi connectivity index (χ1n) is 4.98. The highest BCUT2D eigenvalue weighted by Crippen LogP contribution is 2.18. The first kappa shape index (κ1) is 9.24. The highest BCUT2D eigenvalue weighted by atomic mass is 16.2. The first-order chi connectivity index (χ1) is 6.66. The molecule has 1 fully saturated rings. The lowest BCUT2D eigenvalue weighted by atomic mass is 9.93. The molecule has 0 bridgehead atoms. The van der Waals surface area contributed by atoms with Gasteiger partial charge < -0.3 is 5.32 Å². The minimum Gasteiger partial charge on any atom is -0.348 e. The Hall–Kier alpha value is -1.32. The van der Waals surface area contributed by atoms with Crippen LogP contribution in [0.3, 0.4) is 0 Å². The number of aromatic nitrogens is 2. The highest BCUT2D eigenvalue weighted by molar-refractivity contribution is 5.92. The smallest absolute Gasteiger partial charge is 0.272 e. The molecule has 1 N–H and O–H groups in total. The maximum absolute atomic E-state index is 11.6. The topological polar surface area (TPSA) is 46.9 Å². The molecule has 1 aliphatic carbocycles. The van der Waals surface area contributed by atoms with E-state index in [1.54, 1.807) is 4.68 Å². The summed E-state index contributed by atoms with van der Waals surface area (Å²) in [6, 6.07) is 2.19. The molecular weight excluding hydrogens is 178 g/mol. The number of carbonyl (C=O) groups excluding carboxylic acids is 1. The average molecular weight is 193 g/mol. The van der Waals surface area contributed by atoms with Crippen LogP contribution in [0.15, 0.2) is 6.07 Å². The van der Waals surface area contributed by atoms with Crippen molar-refractivity contribution in [2.75, 3.05) is 0 Å². The molecule has 0 radical (unpaired) electrons. The number of nitrogens with zero attached hydrogens (tertiary/aromatic N) is 2. The summed E-state index contributed by atoms with van der Waals surface area (Å²) >= 11 is 0. The van der Waals surface area contributed by atoms with Crippen LogP contribution in [0.2, 0.25) is 0 Å². The van der Waals surface area contributed by atoms with E-state index >= 15 is 0 Å². The van der Waals surface area contributed by atoms with Gasteiger partial charge in [-0.05, 0) is 32.3 Å². The van der Waals surface area contributed by atoms with Crippen molar-refractivity contribution in [2.45, 2.75) is 32.2 Å². The van der Waals surface area contributed by atoms with Crippen LogP contribution in [0.25, 0.3) is 0 Å². The molecule has 0 spiro atoms. The molecule has 0 atom stereocenters. The highest BCUT2D eigenvalue weighted by Gasteiger charge is 2.21. The van der Waals surface area contributed by atoms with Gasteiger partial charge in [-0.25, -0.2) is 0 Å². The van der Waals surface area contributed by atoms with Crippen LogP contribution < -0.4 is 5.32 Å². The van der Waals surface area contributed by atoms with Gasteiger partial charge in [-0.1, -0.05) is 0 Å². The van der Waals surface area contributed by atoms with Crippen LogP contribution in [0.5, 0.6) is 0 Å². The fourth-order valence-corrected chi connectivity index (χ4v) is 1.48. The van der Waals surface area contributed by atoms with Crippen molar-refractivity contribution in [1.29, 1.82) is 0 Å². The van der Waals surface area contributed by atoms with Crippen LogP contribution in [-0.4, -0.2) is 21.7 Å². The fourth-order valence-electron chi connectivity index (χ4n) is 1.48. The normalized spacial score (nSPS) is 16.4. The Balaban J connectivity index is 2.02. The second-order valence-electron chi connectivity index (χ2n) is 3.90. The standard InChI is InChI=1S/C10H15N3O/c1-7-6-9(12-13(7)2)10(14)11-8-4-3-5-8/h6,8H,3-5H2,1-2H3,(H,11,14). The number of nitrogens with one attached hydrogen (secondary N) is 1.